The molecule has 0 atom stereocenters. The molecule has 2 fully saturated rings. The van der Waals surface area contributed by atoms with Crippen molar-refractivity contribution in [3.05, 3.63) is 65.2 Å². The molecule has 0 aromatic heterocycles. The first kappa shape index (κ1) is 19.1. The molecular formula is C21H20N2O6. The van der Waals surface area contributed by atoms with Gasteiger partial charge in [0, 0.05) is 5.56 Å². The summed E-state index contributed by atoms with van der Waals surface area (Å²) in [4.78, 5) is 35.9. The fraction of sp³-hybridized carbons (Fsp3) is 0.286. The first-order valence-corrected chi connectivity index (χ1v) is 9.35. The number of hydrogen-bond acceptors (Lipinski definition) is 6. The standard InChI is InChI=1S/C21H20N2O6/c1-2-10-27-16-9-8-13(12-23-18(25)17(24)22-21(23)26)11-15(16)20-28-19(29-20)14-6-4-3-5-7-14/h3-9,11,19-20H,2,10,12H2,1H3,(H,22,24,26). The smallest absolute Gasteiger partial charge is 0.331 e. The molecule has 0 radical (unpaired) electrons. The third kappa shape index (κ3) is 3.85. The van der Waals surface area contributed by atoms with Crippen molar-refractivity contribution in [1.29, 1.82) is 0 Å². The van der Waals surface area contributed by atoms with Gasteiger partial charge in [-0.2, -0.15) is 0 Å². The van der Waals surface area contributed by atoms with Crippen LogP contribution in [0, 0.1) is 0 Å². The van der Waals surface area contributed by atoms with E-state index in [0.29, 0.717) is 23.5 Å². The van der Waals surface area contributed by atoms with E-state index in [4.69, 9.17) is 14.2 Å². The molecule has 4 amide bonds. The lowest BCUT2D eigenvalue weighted by Gasteiger charge is -2.37. The second-order valence-electron chi connectivity index (χ2n) is 6.72. The Labute approximate surface area is 167 Å². The maximum absolute atomic E-state index is 11.8. The minimum atomic E-state index is -0.922. The van der Waals surface area contributed by atoms with Gasteiger partial charge in [-0.25, -0.2) is 4.79 Å². The predicted octanol–water partition coefficient (Wildman–Crippen LogP) is 2.80. The van der Waals surface area contributed by atoms with Gasteiger partial charge in [-0.05, 0) is 24.1 Å². The van der Waals surface area contributed by atoms with Gasteiger partial charge in [-0.1, -0.05) is 43.3 Å². The van der Waals surface area contributed by atoms with Gasteiger partial charge < -0.3 is 14.2 Å². The van der Waals surface area contributed by atoms with Gasteiger partial charge in [0.2, 0.25) is 0 Å². The maximum atomic E-state index is 11.8. The van der Waals surface area contributed by atoms with E-state index in [9.17, 15) is 14.4 Å². The van der Waals surface area contributed by atoms with Gasteiger partial charge in [0.1, 0.15) is 5.75 Å². The predicted molar refractivity (Wildman–Crippen MR) is 100 cm³/mol. The van der Waals surface area contributed by atoms with Crippen LogP contribution in [0.15, 0.2) is 48.5 Å². The average molecular weight is 396 g/mol. The molecule has 0 spiro atoms. The van der Waals surface area contributed by atoms with Gasteiger partial charge in [0.25, 0.3) is 0 Å². The molecule has 0 saturated carbocycles. The quantitative estimate of drug-likeness (QED) is 0.571. The molecule has 8 nitrogen and oxygen atoms in total. The molecule has 0 bridgehead atoms. The van der Waals surface area contributed by atoms with Gasteiger partial charge >= 0.3 is 17.8 Å². The summed E-state index contributed by atoms with van der Waals surface area (Å²) in [6.45, 7) is 2.50. The van der Waals surface area contributed by atoms with Crippen LogP contribution in [-0.4, -0.2) is 29.4 Å². The Morgan fingerprint density at radius 1 is 1.03 bits per heavy atom. The number of amides is 4. The summed E-state index contributed by atoms with van der Waals surface area (Å²) in [6, 6.07) is 14.1. The lowest BCUT2D eigenvalue weighted by molar-refractivity contribution is -0.397. The van der Waals surface area contributed by atoms with E-state index < -0.39 is 30.4 Å². The molecule has 1 N–H and O–H groups in total. The van der Waals surface area contributed by atoms with E-state index in [-0.39, 0.29) is 6.54 Å². The topological polar surface area (TPSA) is 94.2 Å². The van der Waals surface area contributed by atoms with Crippen LogP contribution in [0.4, 0.5) is 4.79 Å². The summed E-state index contributed by atoms with van der Waals surface area (Å²) in [5.74, 6) is -1.18. The van der Waals surface area contributed by atoms with Crippen molar-refractivity contribution in [2.24, 2.45) is 0 Å². The molecule has 2 saturated heterocycles. The molecule has 2 aromatic carbocycles. The Bertz CT molecular complexity index is 939. The summed E-state index contributed by atoms with van der Waals surface area (Å²) in [5.41, 5.74) is 2.23. The molecule has 29 heavy (non-hydrogen) atoms. The number of nitrogens with zero attached hydrogens (tertiary/aromatic N) is 1. The summed E-state index contributed by atoms with van der Waals surface area (Å²) < 4.78 is 17.6. The molecular weight excluding hydrogens is 376 g/mol. The Balaban J connectivity index is 1.53. The van der Waals surface area contributed by atoms with E-state index in [0.717, 1.165) is 16.9 Å². The van der Waals surface area contributed by atoms with Crippen molar-refractivity contribution < 1.29 is 28.6 Å². The second-order valence-corrected chi connectivity index (χ2v) is 6.72. The molecule has 2 aliphatic heterocycles. The number of carbonyl (C=O) groups is 3. The molecule has 0 aliphatic carbocycles. The molecule has 2 heterocycles. The lowest BCUT2D eigenvalue weighted by atomic mass is 10.1. The van der Waals surface area contributed by atoms with Gasteiger partial charge in [0.15, 0.2) is 12.6 Å². The van der Waals surface area contributed by atoms with Crippen LogP contribution in [0.5, 0.6) is 5.75 Å². The summed E-state index contributed by atoms with van der Waals surface area (Å²) in [7, 11) is 0. The van der Waals surface area contributed by atoms with Crippen LogP contribution >= 0.6 is 0 Å². The maximum Gasteiger partial charge on any atom is 0.331 e. The van der Waals surface area contributed by atoms with E-state index in [2.05, 4.69) is 0 Å². The Morgan fingerprint density at radius 3 is 2.45 bits per heavy atom. The third-order valence-corrected chi connectivity index (χ3v) is 4.60. The van der Waals surface area contributed by atoms with Crippen LogP contribution in [0.2, 0.25) is 0 Å². The van der Waals surface area contributed by atoms with Crippen LogP contribution in [0.3, 0.4) is 0 Å². The lowest BCUT2D eigenvalue weighted by Crippen LogP contribution is -2.31. The third-order valence-electron chi connectivity index (χ3n) is 4.60. The van der Waals surface area contributed by atoms with Gasteiger partial charge in [-0.3, -0.25) is 19.8 Å². The number of benzene rings is 2. The summed E-state index contributed by atoms with van der Waals surface area (Å²) >= 11 is 0. The van der Waals surface area contributed by atoms with Crippen LogP contribution in [0.25, 0.3) is 0 Å². The number of rotatable bonds is 7. The summed E-state index contributed by atoms with van der Waals surface area (Å²) in [6.07, 6.45) is -0.255. The zero-order valence-corrected chi connectivity index (χ0v) is 15.8. The fourth-order valence-electron chi connectivity index (χ4n) is 3.13. The van der Waals surface area contributed by atoms with E-state index in [1.165, 1.54) is 0 Å². The largest absolute Gasteiger partial charge is 0.493 e. The molecule has 8 heteroatoms. The normalized spacial score (nSPS) is 21.1. The molecule has 0 unspecified atom stereocenters. The zero-order chi connectivity index (χ0) is 20.4. The average Bonchev–Trinajstić information content (AvgIpc) is 2.93. The van der Waals surface area contributed by atoms with Crippen molar-refractivity contribution in [2.75, 3.05) is 6.61 Å². The number of ether oxygens (including phenoxy) is 3. The highest BCUT2D eigenvalue weighted by Crippen LogP contribution is 2.44. The van der Waals surface area contributed by atoms with Crippen LogP contribution in [0.1, 0.15) is 42.6 Å². The van der Waals surface area contributed by atoms with Crippen molar-refractivity contribution >= 4 is 17.8 Å². The number of nitrogens with one attached hydrogen (secondary N) is 1. The zero-order valence-electron chi connectivity index (χ0n) is 15.8. The molecule has 4 rings (SSSR count). The van der Waals surface area contributed by atoms with Crippen molar-refractivity contribution in [1.82, 2.24) is 10.2 Å². The number of urea groups is 1. The SMILES string of the molecule is CCCOc1ccc(CN2C(=O)NC(=O)C2=O)cc1C1OC(c2ccccc2)O1. The highest BCUT2D eigenvalue weighted by atomic mass is 16.9. The van der Waals surface area contributed by atoms with Crippen molar-refractivity contribution in [3.63, 3.8) is 0 Å². The fourth-order valence-corrected chi connectivity index (χ4v) is 3.13. The first-order valence-electron chi connectivity index (χ1n) is 9.35. The minimum absolute atomic E-state index is 0.0354. The van der Waals surface area contributed by atoms with Gasteiger partial charge in [0.05, 0.1) is 18.7 Å². The highest BCUT2D eigenvalue weighted by molar-refractivity contribution is 6.44. The number of hydrogen-bond donors (Lipinski definition) is 1. The van der Waals surface area contributed by atoms with E-state index in [1.807, 2.05) is 42.6 Å². The van der Waals surface area contributed by atoms with Crippen LogP contribution < -0.4 is 10.1 Å². The number of carbonyl (C=O) groups excluding carboxylic acids is 3. The monoisotopic (exact) mass is 396 g/mol. The number of imide groups is 2. The van der Waals surface area contributed by atoms with Crippen molar-refractivity contribution in [2.45, 2.75) is 32.5 Å². The molecule has 2 aromatic rings. The van der Waals surface area contributed by atoms with E-state index in [1.54, 1.807) is 18.2 Å². The highest BCUT2D eigenvalue weighted by Gasteiger charge is 2.38. The van der Waals surface area contributed by atoms with E-state index >= 15 is 0 Å². The van der Waals surface area contributed by atoms with Crippen molar-refractivity contribution in [3.8, 4) is 5.75 Å². The molecule has 2 aliphatic rings. The Kier molecular flexibility index (Phi) is 5.28. The first-order chi connectivity index (χ1) is 14.1. The second kappa shape index (κ2) is 8.02. The minimum Gasteiger partial charge on any atom is -0.493 e. The molecule has 150 valence electrons. The summed E-state index contributed by atoms with van der Waals surface area (Å²) in [5, 5.41) is 1.98. The Hall–Kier alpha value is -3.23. The Morgan fingerprint density at radius 2 is 1.79 bits per heavy atom. The van der Waals surface area contributed by atoms with Crippen LogP contribution in [-0.2, 0) is 25.6 Å². The van der Waals surface area contributed by atoms with Gasteiger partial charge in [-0.15, -0.1) is 0 Å².